The van der Waals surface area contributed by atoms with E-state index in [0.29, 0.717) is 0 Å². The molecule has 0 aliphatic carbocycles. The predicted molar refractivity (Wildman–Crippen MR) is 108 cm³/mol. The van der Waals surface area contributed by atoms with Crippen LogP contribution in [0.1, 0.15) is 36.5 Å². The van der Waals surface area contributed by atoms with Gasteiger partial charge in [0.2, 0.25) is 0 Å². The third-order valence-corrected chi connectivity index (χ3v) is 4.94. The van der Waals surface area contributed by atoms with Crippen molar-refractivity contribution in [2.45, 2.75) is 31.6 Å². The van der Waals surface area contributed by atoms with Gasteiger partial charge in [-0.2, -0.15) is 0 Å². The van der Waals surface area contributed by atoms with Crippen molar-refractivity contribution < 1.29 is 0 Å². The van der Waals surface area contributed by atoms with E-state index in [1.165, 1.54) is 22.3 Å². The second kappa shape index (κ2) is 7.98. The zero-order valence-electron chi connectivity index (χ0n) is 15.0. The number of allylic oxidation sites excluding steroid dienone is 1. The molecule has 25 heavy (non-hydrogen) atoms. The summed E-state index contributed by atoms with van der Waals surface area (Å²) in [6.45, 7) is 6.39. The van der Waals surface area contributed by atoms with Crippen LogP contribution in [0.2, 0.25) is 0 Å². The van der Waals surface area contributed by atoms with E-state index in [-0.39, 0.29) is 5.41 Å². The molecule has 3 aromatic rings. The molecule has 0 radical (unpaired) electrons. The number of rotatable bonds is 7. The zero-order chi connectivity index (χ0) is 17.5. The van der Waals surface area contributed by atoms with Crippen molar-refractivity contribution in [3.8, 4) is 0 Å². The van der Waals surface area contributed by atoms with Gasteiger partial charge in [0.05, 0.1) is 0 Å². The van der Waals surface area contributed by atoms with Crippen LogP contribution in [0.15, 0.2) is 103 Å². The maximum atomic E-state index is 4.25. The molecule has 0 N–H and O–H groups in total. The Labute approximate surface area is 151 Å². The Morgan fingerprint density at radius 2 is 1.16 bits per heavy atom. The maximum absolute atomic E-state index is 4.25. The summed E-state index contributed by atoms with van der Waals surface area (Å²) in [5.41, 5.74) is 5.32. The highest BCUT2D eigenvalue weighted by Gasteiger charge is 2.33. The third kappa shape index (κ3) is 4.09. The minimum Gasteiger partial charge on any atom is -0.100 e. The molecule has 0 atom stereocenters. The Balaban J connectivity index is 2.06. The molecule has 0 aliphatic rings. The molecule has 0 heterocycles. The van der Waals surface area contributed by atoms with Gasteiger partial charge in [-0.1, -0.05) is 96.6 Å². The van der Waals surface area contributed by atoms with Gasteiger partial charge in [0.1, 0.15) is 0 Å². The summed E-state index contributed by atoms with van der Waals surface area (Å²) in [4.78, 5) is 0. The molecule has 0 spiro atoms. The van der Waals surface area contributed by atoms with E-state index in [2.05, 4.69) is 104 Å². The van der Waals surface area contributed by atoms with Crippen LogP contribution in [0.25, 0.3) is 0 Å². The Kier molecular flexibility index (Phi) is 5.50. The van der Waals surface area contributed by atoms with Crippen LogP contribution < -0.4 is 0 Å². The maximum Gasteiger partial charge on any atom is 0.0242 e. The lowest BCUT2D eigenvalue weighted by Gasteiger charge is -2.36. The molecule has 0 heteroatoms. The Bertz CT molecular complexity index is 746. The smallest absolute Gasteiger partial charge is 0.0242 e. The Hall–Kier alpha value is -2.60. The van der Waals surface area contributed by atoms with Gasteiger partial charge >= 0.3 is 0 Å². The zero-order valence-corrected chi connectivity index (χ0v) is 15.0. The summed E-state index contributed by atoms with van der Waals surface area (Å²) in [6, 6.07) is 32.6. The SMILES string of the molecule is C=C(C)CC(CCc1ccccc1)(c1ccccc1)c1ccccc1. The quantitative estimate of drug-likeness (QED) is 0.431. The van der Waals surface area contributed by atoms with Crippen LogP contribution >= 0.6 is 0 Å². The number of benzene rings is 3. The second-order valence-corrected chi connectivity index (χ2v) is 6.93. The van der Waals surface area contributed by atoms with Crippen molar-refractivity contribution in [3.63, 3.8) is 0 Å². The van der Waals surface area contributed by atoms with Gasteiger partial charge < -0.3 is 0 Å². The first-order chi connectivity index (χ1) is 12.2. The van der Waals surface area contributed by atoms with Crippen molar-refractivity contribution in [1.82, 2.24) is 0 Å². The van der Waals surface area contributed by atoms with Gasteiger partial charge in [0.25, 0.3) is 0 Å². The molecule has 0 amide bonds. The molecule has 0 saturated heterocycles. The fourth-order valence-corrected chi connectivity index (χ4v) is 3.78. The number of aryl methyl sites for hydroxylation is 1. The van der Waals surface area contributed by atoms with Gasteiger partial charge in [-0.05, 0) is 42.9 Å². The van der Waals surface area contributed by atoms with Crippen molar-refractivity contribution in [3.05, 3.63) is 120 Å². The molecule has 0 unspecified atom stereocenters. The van der Waals surface area contributed by atoms with E-state index in [0.717, 1.165) is 19.3 Å². The lowest BCUT2D eigenvalue weighted by Crippen LogP contribution is -2.29. The van der Waals surface area contributed by atoms with E-state index in [1.807, 2.05) is 0 Å². The van der Waals surface area contributed by atoms with Gasteiger partial charge in [0.15, 0.2) is 0 Å². The van der Waals surface area contributed by atoms with Crippen LogP contribution in [0, 0.1) is 0 Å². The topological polar surface area (TPSA) is 0 Å². The molecule has 0 saturated carbocycles. The van der Waals surface area contributed by atoms with E-state index in [1.54, 1.807) is 0 Å². The predicted octanol–water partition coefficient (Wildman–Crippen LogP) is 6.57. The fourth-order valence-electron chi connectivity index (χ4n) is 3.78. The van der Waals surface area contributed by atoms with Crippen LogP contribution in [0.5, 0.6) is 0 Å². The Morgan fingerprint density at radius 3 is 1.60 bits per heavy atom. The molecule has 3 aromatic carbocycles. The first-order valence-corrected chi connectivity index (χ1v) is 9.00. The monoisotopic (exact) mass is 326 g/mol. The molecule has 0 fully saturated rings. The lowest BCUT2D eigenvalue weighted by molar-refractivity contribution is 0.467. The first-order valence-electron chi connectivity index (χ1n) is 9.00. The average Bonchev–Trinajstić information content (AvgIpc) is 2.67. The van der Waals surface area contributed by atoms with Crippen molar-refractivity contribution in [2.24, 2.45) is 0 Å². The molecule has 0 nitrogen and oxygen atoms in total. The van der Waals surface area contributed by atoms with Gasteiger partial charge in [-0.25, -0.2) is 0 Å². The number of hydrogen-bond acceptors (Lipinski definition) is 0. The van der Waals surface area contributed by atoms with E-state index in [9.17, 15) is 0 Å². The Morgan fingerprint density at radius 1 is 0.720 bits per heavy atom. The van der Waals surface area contributed by atoms with E-state index >= 15 is 0 Å². The highest BCUT2D eigenvalue weighted by atomic mass is 14.4. The van der Waals surface area contributed by atoms with Crippen LogP contribution in [0.4, 0.5) is 0 Å². The highest BCUT2D eigenvalue weighted by molar-refractivity contribution is 5.41. The summed E-state index contributed by atoms with van der Waals surface area (Å²) < 4.78 is 0. The second-order valence-electron chi connectivity index (χ2n) is 6.93. The largest absolute Gasteiger partial charge is 0.100 e. The van der Waals surface area contributed by atoms with Crippen molar-refractivity contribution >= 4 is 0 Å². The minimum atomic E-state index is -0.0375. The summed E-state index contributed by atoms with van der Waals surface area (Å²) in [5, 5.41) is 0. The molecule has 0 aromatic heterocycles. The molecular weight excluding hydrogens is 300 g/mol. The first kappa shape index (κ1) is 17.2. The molecular formula is C25H26. The summed E-state index contributed by atoms with van der Waals surface area (Å²) >= 11 is 0. The molecule has 126 valence electrons. The molecule has 3 rings (SSSR count). The van der Waals surface area contributed by atoms with E-state index in [4.69, 9.17) is 0 Å². The van der Waals surface area contributed by atoms with E-state index < -0.39 is 0 Å². The summed E-state index contributed by atoms with van der Waals surface area (Å²) in [6.07, 6.45) is 3.09. The highest BCUT2D eigenvalue weighted by Crippen LogP contribution is 2.41. The van der Waals surface area contributed by atoms with Crippen molar-refractivity contribution in [1.29, 1.82) is 0 Å². The summed E-state index contributed by atoms with van der Waals surface area (Å²) in [5.74, 6) is 0. The third-order valence-electron chi connectivity index (χ3n) is 4.94. The van der Waals surface area contributed by atoms with Gasteiger partial charge in [-0.3, -0.25) is 0 Å². The standard InChI is InChI=1S/C25H26/c1-21(2)20-25(23-14-8-4-9-15-23,24-16-10-5-11-17-24)19-18-22-12-6-3-7-13-22/h3-17H,1,18-20H2,2H3. The van der Waals surface area contributed by atoms with Crippen LogP contribution in [-0.4, -0.2) is 0 Å². The van der Waals surface area contributed by atoms with Crippen LogP contribution in [0.3, 0.4) is 0 Å². The van der Waals surface area contributed by atoms with Gasteiger partial charge in [-0.15, -0.1) is 6.58 Å². The lowest BCUT2D eigenvalue weighted by atomic mass is 9.67. The van der Waals surface area contributed by atoms with Crippen molar-refractivity contribution in [2.75, 3.05) is 0 Å². The average molecular weight is 326 g/mol. The molecule has 0 bridgehead atoms. The fraction of sp³-hybridized carbons (Fsp3) is 0.200. The number of hydrogen-bond donors (Lipinski definition) is 0. The minimum absolute atomic E-state index is 0.0375. The molecule has 0 aliphatic heterocycles. The normalized spacial score (nSPS) is 11.2. The van der Waals surface area contributed by atoms with Gasteiger partial charge in [0, 0.05) is 5.41 Å². The van der Waals surface area contributed by atoms with Crippen LogP contribution in [-0.2, 0) is 11.8 Å². The summed E-state index contributed by atoms with van der Waals surface area (Å²) in [7, 11) is 0.